The van der Waals surface area contributed by atoms with E-state index in [-0.39, 0.29) is 19.1 Å². The molecule has 7 nitrogen and oxygen atoms in total. The molecule has 120 valence electrons. The summed E-state index contributed by atoms with van der Waals surface area (Å²) >= 11 is 0. The Morgan fingerprint density at radius 3 is 2.52 bits per heavy atom. The van der Waals surface area contributed by atoms with Crippen LogP contribution in [-0.4, -0.2) is 63.9 Å². The Hall–Kier alpha value is -1.18. The van der Waals surface area contributed by atoms with Gasteiger partial charge < -0.3 is 25.6 Å². The summed E-state index contributed by atoms with van der Waals surface area (Å²) in [5.41, 5.74) is 4.57. The Morgan fingerprint density at radius 2 is 2.05 bits per heavy atom. The number of carboxylic acid groups (broad SMARTS) is 1. The fraction of sp³-hybridized carbons (Fsp3) is 0.857. The summed E-state index contributed by atoms with van der Waals surface area (Å²) < 4.78 is 5.58. The molecular formula is C14H24N2O5. The van der Waals surface area contributed by atoms with E-state index < -0.39 is 35.0 Å². The van der Waals surface area contributed by atoms with Gasteiger partial charge in [0.05, 0.1) is 12.2 Å². The smallest absolute Gasteiger partial charge is 0.326 e. The number of aliphatic hydroxyl groups is 1. The molecule has 0 aromatic rings. The summed E-state index contributed by atoms with van der Waals surface area (Å²) in [7, 11) is 0. The zero-order valence-corrected chi connectivity index (χ0v) is 12.7. The zero-order chi connectivity index (χ0) is 16.0. The molecule has 21 heavy (non-hydrogen) atoms. The third kappa shape index (κ3) is 2.33. The number of rotatable bonds is 4. The zero-order valence-electron chi connectivity index (χ0n) is 12.7. The molecule has 7 heteroatoms. The predicted molar refractivity (Wildman–Crippen MR) is 74.5 cm³/mol. The summed E-state index contributed by atoms with van der Waals surface area (Å²) in [5, 5.41) is 18.9. The standard InChI is InChI=1S/C14H24N2O5/c1-4-21-10-6-14(15,13(10,2)3)12(20)16-7-8(17)5-9(16)11(18)19/h8-10,17H,4-7,15H2,1-3H3,(H,18,19)/t8-,9+,10?,14?/m1/s1. The van der Waals surface area contributed by atoms with Crippen LogP contribution in [0.25, 0.3) is 0 Å². The maximum absolute atomic E-state index is 12.7. The lowest BCUT2D eigenvalue weighted by atomic mass is 9.54. The van der Waals surface area contributed by atoms with Crippen molar-refractivity contribution in [3.8, 4) is 0 Å². The molecular weight excluding hydrogens is 276 g/mol. The maximum Gasteiger partial charge on any atom is 0.326 e. The van der Waals surface area contributed by atoms with Gasteiger partial charge in [0.2, 0.25) is 5.91 Å². The second kappa shape index (κ2) is 5.23. The number of aliphatic hydroxyl groups excluding tert-OH is 1. The number of carbonyl (C=O) groups is 2. The Kier molecular flexibility index (Phi) is 4.03. The summed E-state index contributed by atoms with van der Waals surface area (Å²) in [6, 6.07) is -1.00. The maximum atomic E-state index is 12.7. The molecule has 2 aliphatic rings. The van der Waals surface area contributed by atoms with Gasteiger partial charge in [-0.1, -0.05) is 13.8 Å². The van der Waals surface area contributed by atoms with Crippen molar-refractivity contribution in [3.05, 3.63) is 0 Å². The van der Waals surface area contributed by atoms with Gasteiger partial charge in [-0.2, -0.15) is 0 Å². The molecule has 2 rings (SSSR count). The largest absolute Gasteiger partial charge is 0.480 e. The van der Waals surface area contributed by atoms with E-state index in [2.05, 4.69) is 0 Å². The lowest BCUT2D eigenvalue weighted by Gasteiger charge is -2.58. The number of hydrogen-bond donors (Lipinski definition) is 3. The van der Waals surface area contributed by atoms with Crippen LogP contribution in [0.3, 0.4) is 0 Å². The molecule has 1 aliphatic carbocycles. The van der Waals surface area contributed by atoms with Crippen molar-refractivity contribution in [2.75, 3.05) is 13.2 Å². The van der Waals surface area contributed by atoms with E-state index in [4.69, 9.17) is 10.5 Å². The van der Waals surface area contributed by atoms with Gasteiger partial charge in [0.25, 0.3) is 0 Å². The van der Waals surface area contributed by atoms with Crippen LogP contribution >= 0.6 is 0 Å². The molecule has 4 N–H and O–H groups in total. The number of ether oxygens (including phenoxy) is 1. The lowest BCUT2D eigenvalue weighted by Crippen LogP contribution is -2.76. The number of likely N-dealkylation sites (tertiary alicyclic amines) is 1. The number of amides is 1. The molecule has 0 radical (unpaired) electrons. The average molecular weight is 300 g/mol. The van der Waals surface area contributed by atoms with Crippen LogP contribution in [0.1, 0.15) is 33.6 Å². The van der Waals surface area contributed by atoms with Gasteiger partial charge in [-0.05, 0) is 6.92 Å². The van der Waals surface area contributed by atoms with Gasteiger partial charge in [0, 0.05) is 31.4 Å². The SMILES string of the molecule is CCOC1CC(N)(C(=O)N2C[C@H](O)C[C@H]2C(=O)O)C1(C)C. The molecule has 2 unspecified atom stereocenters. The first-order valence-corrected chi connectivity index (χ1v) is 7.27. The van der Waals surface area contributed by atoms with Gasteiger partial charge in [0.1, 0.15) is 11.6 Å². The molecule has 0 bridgehead atoms. The fourth-order valence-corrected chi connectivity index (χ4v) is 3.33. The van der Waals surface area contributed by atoms with Gasteiger partial charge in [0.15, 0.2) is 0 Å². The minimum atomic E-state index is -1.15. The first-order chi connectivity index (χ1) is 9.65. The van der Waals surface area contributed by atoms with Gasteiger partial charge in [-0.3, -0.25) is 4.79 Å². The minimum Gasteiger partial charge on any atom is -0.480 e. The number of nitrogens with two attached hydrogens (primary N) is 1. The third-order valence-corrected chi connectivity index (χ3v) is 5.04. The van der Waals surface area contributed by atoms with Crippen molar-refractivity contribution in [2.24, 2.45) is 11.1 Å². The summed E-state index contributed by atoms with van der Waals surface area (Å²) in [4.78, 5) is 25.2. The summed E-state index contributed by atoms with van der Waals surface area (Å²) in [6.07, 6.45) is -0.519. The summed E-state index contributed by atoms with van der Waals surface area (Å²) in [6.45, 7) is 6.16. The van der Waals surface area contributed by atoms with Crippen LogP contribution in [0.2, 0.25) is 0 Å². The fourth-order valence-electron chi connectivity index (χ4n) is 3.33. The Labute approximate surface area is 124 Å². The molecule has 2 fully saturated rings. The molecule has 0 spiro atoms. The Balaban J connectivity index is 2.18. The first kappa shape index (κ1) is 16.2. The Bertz CT molecular complexity index is 453. The highest BCUT2D eigenvalue weighted by Crippen LogP contribution is 2.51. The Morgan fingerprint density at radius 1 is 1.43 bits per heavy atom. The molecule has 0 aromatic heterocycles. The van der Waals surface area contributed by atoms with Gasteiger partial charge in [-0.25, -0.2) is 4.79 Å². The van der Waals surface area contributed by atoms with Crippen molar-refractivity contribution >= 4 is 11.9 Å². The number of β-amino-alcohol motifs (C(OH)–C–C–N with tert-alkyl or cyclic N) is 1. The highest BCUT2D eigenvalue weighted by molar-refractivity contribution is 5.92. The van der Waals surface area contributed by atoms with E-state index in [9.17, 15) is 19.8 Å². The van der Waals surface area contributed by atoms with E-state index in [1.54, 1.807) is 0 Å². The third-order valence-electron chi connectivity index (χ3n) is 5.04. The topological polar surface area (TPSA) is 113 Å². The molecule has 0 aromatic carbocycles. The van der Waals surface area contributed by atoms with Crippen molar-refractivity contribution in [3.63, 3.8) is 0 Å². The predicted octanol–water partition coefficient (Wildman–Crippen LogP) is -0.435. The van der Waals surface area contributed by atoms with Crippen molar-refractivity contribution < 1.29 is 24.5 Å². The van der Waals surface area contributed by atoms with Crippen molar-refractivity contribution in [1.82, 2.24) is 4.90 Å². The second-order valence-corrected chi connectivity index (χ2v) is 6.54. The minimum absolute atomic E-state index is 0.0180. The van der Waals surface area contributed by atoms with E-state index >= 15 is 0 Å². The molecule has 1 amide bonds. The van der Waals surface area contributed by atoms with Gasteiger partial charge in [-0.15, -0.1) is 0 Å². The van der Waals surface area contributed by atoms with E-state index in [1.807, 2.05) is 20.8 Å². The van der Waals surface area contributed by atoms with Crippen LogP contribution in [0, 0.1) is 5.41 Å². The van der Waals surface area contributed by atoms with E-state index in [0.29, 0.717) is 13.0 Å². The molecule has 1 saturated carbocycles. The van der Waals surface area contributed by atoms with E-state index in [0.717, 1.165) is 0 Å². The molecule has 1 saturated heterocycles. The van der Waals surface area contributed by atoms with Crippen molar-refractivity contribution in [1.29, 1.82) is 0 Å². The molecule has 1 aliphatic heterocycles. The van der Waals surface area contributed by atoms with Crippen LogP contribution < -0.4 is 5.73 Å². The molecule has 4 atom stereocenters. The number of aliphatic carboxylic acids is 1. The first-order valence-electron chi connectivity index (χ1n) is 7.27. The van der Waals surface area contributed by atoms with Gasteiger partial charge >= 0.3 is 5.97 Å². The van der Waals surface area contributed by atoms with E-state index in [1.165, 1.54) is 4.90 Å². The highest BCUT2D eigenvalue weighted by atomic mass is 16.5. The van der Waals surface area contributed by atoms with Crippen LogP contribution in [-0.2, 0) is 14.3 Å². The number of hydrogen-bond acceptors (Lipinski definition) is 5. The monoisotopic (exact) mass is 300 g/mol. The number of carboxylic acids is 1. The number of carbonyl (C=O) groups excluding carboxylic acids is 1. The number of nitrogens with zero attached hydrogens (tertiary/aromatic N) is 1. The normalized spacial score (nSPS) is 38.1. The lowest BCUT2D eigenvalue weighted by molar-refractivity contribution is -0.181. The quantitative estimate of drug-likeness (QED) is 0.649. The second-order valence-electron chi connectivity index (χ2n) is 6.54. The summed E-state index contributed by atoms with van der Waals surface area (Å²) in [5.74, 6) is -1.52. The van der Waals surface area contributed by atoms with Crippen LogP contribution in [0.4, 0.5) is 0 Å². The van der Waals surface area contributed by atoms with Crippen LogP contribution in [0.15, 0.2) is 0 Å². The highest BCUT2D eigenvalue weighted by Gasteiger charge is 2.64. The average Bonchev–Trinajstić information content (AvgIpc) is 2.79. The van der Waals surface area contributed by atoms with Crippen molar-refractivity contribution in [2.45, 2.75) is 57.4 Å². The molecule has 1 heterocycles. The van der Waals surface area contributed by atoms with Crippen LogP contribution in [0.5, 0.6) is 0 Å².